The zero-order valence-electron chi connectivity index (χ0n) is 10.8. The summed E-state index contributed by atoms with van der Waals surface area (Å²) in [7, 11) is 0. The molecule has 0 fully saturated rings. The Hall–Kier alpha value is -0.630. The van der Waals surface area contributed by atoms with Crippen molar-refractivity contribution in [3.8, 4) is 0 Å². The van der Waals surface area contributed by atoms with Crippen LogP contribution in [-0.4, -0.2) is 21.4 Å². The zero-order chi connectivity index (χ0) is 13.5. The molecule has 2 rings (SSSR count). The van der Waals surface area contributed by atoms with Crippen LogP contribution in [0.2, 0.25) is 0 Å². The Balaban J connectivity index is 2.24. The minimum atomic E-state index is -0.457. The number of rotatable bonds is 2. The van der Waals surface area contributed by atoms with Crippen molar-refractivity contribution >= 4 is 50.1 Å². The number of nitrogens with zero attached hydrogens (tertiary/aromatic N) is 2. The van der Waals surface area contributed by atoms with Crippen LogP contribution in [0, 0.1) is 10.6 Å². The van der Waals surface area contributed by atoms with Gasteiger partial charge in [-0.1, -0.05) is 0 Å². The third kappa shape index (κ3) is 3.03. The van der Waals surface area contributed by atoms with E-state index in [4.69, 9.17) is 4.74 Å². The summed E-state index contributed by atoms with van der Waals surface area (Å²) in [6.45, 7) is 7.80. The summed E-state index contributed by atoms with van der Waals surface area (Å²) in [5, 5.41) is 4.37. The molecule has 2 heterocycles. The van der Waals surface area contributed by atoms with Gasteiger partial charge in [0.25, 0.3) is 0 Å². The summed E-state index contributed by atoms with van der Waals surface area (Å²) in [6, 6.07) is 2.06. The van der Waals surface area contributed by atoms with Gasteiger partial charge in [0.2, 0.25) is 0 Å². The molecule has 0 aliphatic heterocycles. The first kappa shape index (κ1) is 13.8. The van der Waals surface area contributed by atoms with Gasteiger partial charge in [0, 0.05) is 4.88 Å². The highest BCUT2D eigenvalue weighted by molar-refractivity contribution is 14.1. The molecular formula is C12H15IN2O2S. The molecule has 0 atom stereocenters. The molecular weight excluding hydrogens is 363 g/mol. The number of halogens is 1. The summed E-state index contributed by atoms with van der Waals surface area (Å²) in [5.74, 6) is -0.257. The van der Waals surface area contributed by atoms with Gasteiger partial charge < -0.3 is 4.74 Å². The second-order valence-electron chi connectivity index (χ2n) is 5.11. The van der Waals surface area contributed by atoms with Gasteiger partial charge in [-0.05, 0) is 56.4 Å². The molecule has 4 nitrogen and oxygen atoms in total. The second kappa shape index (κ2) is 4.80. The van der Waals surface area contributed by atoms with E-state index in [9.17, 15) is 4.79 Å². The molecule has 0 unspecified atom stereocenters. The van der Waals surface area contributed by atoms with Crippen molar-refractivity contribution in [2.24, 2.45) is 0 Å². The van der Waals surface area contributed by atoms with Gasteiger partial charge in [-0.25, -0.2) is 0 Å². The van der Waals surface area contributed by atoms with E-state index in [1.54, 1.807) is 16.0 Å². The molecule has 2 aromatic rings. The first-order chi connectivity index (χ1) is 8.26. The Kier molecular flexibility index (Phi) is 3.68. The third-order valence-corrected chi connectivity index (χ3v) is 4.38. The van der Waals surface area contributed by atoms with Gasteiger partial charge in [0.15, 0.2) is 0 Å². The molecule has 18 heavy (non-hydrogen) atoms. The molecule has 6 heteroatoms. The maximum absolute atomic E-state index is 11.8. The number of thiophene rings is 1. The predicted molar refractivity (Wildman–Crippen MR) is 80.9 cm³/mol. The highest BCUT2D eigenvalue weighted by Gasteiger charge is 2.19. The maximum Gasteiger partial charge on any atom is 0.328 e. The largest absolute Gasteiger partial charge is 0.459 e. The van der Waals surface area contributed by atoms with Gasteiger partial charge >= 0.3 is 5.97 Å². The van der Waals surface area contributed by atoms with E-state index in [0.29, 0.717) is 0 Å². The van der Waals surface area contributed by atoms with Crippen LogP contribution in [-0.2, 0) is 16.1 Å². The van der Waals surface area contributed by atoms with E-state index in [0.717, 1.165) is 13.9 Å². The fraction of sp³-hybridized carbons (Fsp3) is 0.500. The molecule has 0 bridgehead atoms. The number of hydrogen-bond donors (Lipinski definition) is 0. The van der Waals surface area contributed by atoms with Gasteiger partial charge in [-0.15, -0.1) is 11.3 Å². The average Bonchev–Trinajstić information content (AvgIpc) is 2.65. The Labute approximate surface area is 123 Å². The van der Waals surface area contributed by atoms with E-state index in [-0.39, 0.29) is 12.5 Å². The van der Waals surface area contributed by atoms with Gasteiger partial charge in [0.05, 0.1) is 10.2 Å². The first-order valence-corrected chi connectivity index (χ1v) is 7.50. The monoisotopic (exact) mass is 378 g/mol. The number of ether oxygens (including phenoxy) is 1. The van der Waals surface area contributed by atoms with Crippen molar-refractivity contribution < 1.29 is 9.53 Å². The summed E-state index contributed by atoms with van der Waals surface area (Å²) in [6.07, 6.45) is 0. The van der Waals surface area contributed by atoms with Gasteiger partial charge in [-0.3, -0.25) is 9.48 Å². The van der Waals surface area contributed by atoms with E-state index in [2.05, 4.69) is 40.7 Å². The zero-order valence-corrected chi connectivity index (χ0v) is 13.8. The van der Waals surface area contributed by atoms with E-state index >= 15 is 0 Å². The highest BCUT2D eigenvalue weighted by Crippen LogP contribution is 2.29. The summed E-state index contributed by atoms with van der Waals surface area (Å²) >= 11 is 3.89. The third-order valence-electron chi connectivity index (χ3n) is 2.21. The average molecular weight is 378 g/mol. The van der Waals surface area contributed by atoms with Crippen molar-refractivity contribution in [1.82, 2.24) is 9.78 Å². The normalized spacial score (nSPS) is 12.1. The van der Waals surface area contributed by atoms with Crippen LogP contribution >= 0.6 is 33.9 Å². The van der Waals surface area contributed by atoms with Gasteiger partial charge in [0.1, 0.15) is 15.8 Å². The minimum absolute atomic E-state index is 0.160. The van der Waals surface area contributed by atoms with Crippen LogP contribution in [0.3, 0.4) is 0 Å². The lowest BCUT2D eigenvalue weighted by atomic mass is 10.2. The first-order valence-electron chi connectivity index (χ1n) is 5.60. The molecule has 0 N–H and O–H groups in total. The SMILES string of the molecule is Cc1cc2c(s1)c(I)nn2CC(=O)OC(C)(C)C. The smallest absolute Gasteiger partial charge is 0.328 e. The number of fused-ring (bicyclic) bond motifs is 1. The quantitative estimate of drug-likeness (QED) is 0.595. The van der Waals surface area contributed by atoms with Crippen LogP contribution in [0.25, 0.3) is 10.2 Å². The molecule has 98 valence electrons. The van der Waals surface area contributed by atoms with Crippen LogP contribution in [0.5, 0.6) is 0 Å². The Morgan fingerprint density at radius 3 is 2.83 bits per heavy atom. The number of aryl methyl sites for hydroxylation is 1. The minimum Gasteiger partial charge on any atom is -0.459 e. The van der Waals surface area contributed by atoms with Crippen molar-refractivity contribution in [2.45, 2.75) is 39.8 Å². The van der Waals surface area contributed by atoms with Crippen molar-refractivity contribution in [3.05, 3.63) is 14.6 Å². The predicted octanol–water partition coefficient (Wildman–Crippen LogP) is 3.35. The van der Waals surface area contributed by atoms with Gasteiger partial charge in [-0.2, -0.15) is 5.10 Å². The second-order valence-corrected chi connectivity index (χ2v) is 7.38. The number of carbonyl (C=O) groups excluding carboxylic acids is 1. The maximum atomic E-state index is 11.8. The molecule has 0 aliphatic rings. The molecule has 0 saturated heterocycles. The lowest BCUT2D eigenvalue weighted by Crippen LogP contribution is -2.26. The van der Waals surface area contributed by atoms with E-state index in [1.165, 1.54) is 4.88 Å². The summed E-state index contributed by atoms with van der Waals surface area (Å²) < 4.78 is 9.10. The molecule has 0 amide bonds. The molecule has 2 aromatic heterocycles. The summed E-state index contributed by atoms with van der Waals surface area (Å²) in [5.41, 5.74) is 0.550. The van der Waals surface area contributed by atoms with Crippen LogP contribution in [0.4, 0.5) is 0 Å². The van der Waals surface area contributed by atoms with Crippen molar-refractivity contribution in [2.75, 3.05) is 0 Å². The van der Waals surface area contributed by atoms with Crippen molar-refractivity contribution in [3.63, 3.8) is 0 Å². The lowest BCUT2D eigenvalue weighted by molar-refractivity contribution is -0.155. The summed E-state index contributed by atoms with van der Waals surface area (Å²) in [4.78, 5) is 13.0. The molecule has 0 aliphatic carbocycles. The highest BCUT2D eigenvalue weighted by atomic mass is 127. The Morgan fingerprint density at radius 2 is 2.22 bits per heavy atom. The van der Waals surface area contributed by atoms with Crippen molar-refractivity contribution in [1.29, 1.82) is 0 Å². The number of aromatic nitrogens is 2. The fourth-order valence-corrected chi connectivity index (χ4v) is 3.42. The molecule has 0 spiro atoms. The fourth-order valence-electron chi connectivity index (χ4n) is 1.66. The van der Waals surface area contributed by atoms with Crippen LogP contribution in [0.1, 0.15) is 25.6 Å². The number of carbonyl (C=O) groups is 1. The Morgan fingerprint density at radius 1 is 1.56 bits per heavy atom. The topological polar surface area (TPSA) is 44.1 Å². The lowest BCUT2D eigenvalue weighted by Gasteiger charge is -2.19. The standard InChI is InChI=1S/C12H15IN2O2S/c1-7-5-8-10(18-7)11(13)14-15(8)6-9(16)17-12(2,3)4/h5H,6H2,1-4H3. The van der Waals surface area contributed by atoms with Crippen LogP contribution < -0.4 is 0 Å². The molecule has 0 radical (unpaired) electrons. The van der Waals surface area contributed by atoms with E-state index in [1.807, 2.05) is 20.8 Å². The Bertz CT molecular complexity index is 595. The molecule has 0 saturated carbocycles. The van der Waals surface area contributed by atoms with Crippen LogP contribution in [0.15, 0.2) is 6.07 Å². The molecule has 0 aromatic carbocycles. The number of hydrogen-bond acceptors (Lipinski definition) is 4. The number of esters is 1. The van der Waals surface area contributed by atoms with E-state index < -0.39 is 5.60 Å².